The van der Waals surface area contributed by atoms with Gasteiger partial charge in [0.25, 0.3) is 5.91 Å². The molecule has 1 amide bonds. The van der Waals surface area contributed by atoms with Crippen LogP contribution in [0.5, 0.6) is 0 Å². The Morgan fingerprint density at radius 2 is 1.87 bits per heavy atom. The normalized spacial score (nSPS) is 14.6. The summed E-state index contributed by atoms with van der Waals surface area (Å²) in [6, 6.07) is 9.73. The van der Waals surface area contributed by atoms with Crippen LogP contribution in [-0.2, 0) is 4.74 Å². The maximum Gasteiger partial charge on any atom is 0.274 e. The Morgan fingerprint density at radius 1 is 1.17 bits per heavy atom. The topological polar surface area (TPSA) is 54.5 Å². The summed E-state index contributed by atoms with van der Waals surface area (Å²) in [4.78, 5) is 19.0. The summed E-state index contributed by atoms with van der Waals surface area (Å²) in [6.07, 6.45) is 1.68. The largest absolute Gasteiger partial charge is 0.378 e. The van der Waals surface area contributed by atoms with E-state index in [1.165, 1.54) is 0 Å². The van der Waals surface area contributed by atoms with E-state index < -0.39 is 0 Å². The van der Waals surface area contributed by atoms with Gasteiger partial charge in [-0.25, -0.2) is 0 Å². The van der Waals surface area contributed by atoms with E-state index in [1.54, 1.807) is 6.20 Å². The number of nitrogens with one attached hydrogen (secondary N) is 1. The van der Waals surface area contributed by atoms with Crippen molar-refractivity contribution >= 4 is 17.3 Å². The second-order valence-electron chi connectivity index (χ2n) is 5.72. The number of morpholine rings is 1. The minimum atomic E-state index is -0.183. The lowest BCUT2D eigenvalue weighted by Crippen LogP contribution is -2.36. The average Bonchev–Trinajstić information content (AvgIpc) is 2.59. The van der Waals surface area contributed by atoms with E-state index in [0.717, 1.165) is 35.6 Å². The monoisotopic (exact) mass is 311 g/mol. The number of carbonyl (C=O) groups is 1. The summed E-state index contributed by atoms with van der Waals surface area (Å²) < 4.78 is 5.37. The van der Waals surface area contributed by atoms with Crippen molar-refractivity contribution in [2.24, 2.45) is 0 Å². The molecular weight excluding hydrogens is 290 g/mol. The number of ether oxygens (including phenoxy) is 1. The number of pyridine rings is 1. The predicted molar refractivity (Wildman–Crippen MR) is 91.1 cm³/mol. The number of carbonyl (C=O) groups excluding carboxylic acids is 1. The zero-order valence-electron chi connectivity index (χ0n) is 13.5. The molecule has 0 saturated carbocycles. The zero-order chi connectivity index (χ0) is 16.2. The molecule has 1 aromatic heterocycles. The van der Waals surface area contributed by atoms with E-state index in [0.29, 0.717) is 18.9 Å². The van der Waals surface area contributed by atoms with Gasteiger partial charge in [-0.3, -0.25) is 9.78 Å². The van der Waals surface area contributed by atoms with Gasteiger partial charge in [-0.2, -0.15) is 0 Å². The van der Waals surface area contributed by atoms with Crippen LogP contribution < -0.4 is 10.2 Å². The van der Waals surface area contributed by atoms with E-state index in [9.17, 15) is 4.79 Å². The Labute approximate surface area is 136 Å². The van der Waals surface area contributed by atoms with E-state index in [-0.39, 0.29) is 5.91 Å². The molecule has 0 unspecified atom stereocenters. The minimum Gasteiger partial charge on any atom is -0.378 e. The van der Waals surface area contributed by atoms with Crippen LogP contribution in [0.1, 0.15) is 21.6 Å². The molecule has 1 aliphatic rings. The Morgan fingerprint density at radius 3 is 2.57 bits per heavy atom. The van der Waals surface area contributed by atoms with Crippen LogP contribution in [0.3, 0.4) is 0 Å². The van der Waals surface area contributed by atoms with Gasteiger partial charge in [-0.1, -0.05) is 18.2 Å². The molecule has 1 saturated heterocycles. The van der Waals surface area contributed by atoms with Crippen LogP contribution in [0.15, 0.2) is 36.5 Å². The third-order valence-corrected chi connectivity index (χ3v) is 4.07. The number of aryl methyl sites for hydroxylation is 2. The molecule has 0 bridgehead atoms. The number of nitrogens with zero attached hydrogens (tertiary/aromatic N) is 2. The number of hydrogen-bond acceptors (Lipinski definition) is 4. The van der Waals surface area contributed by atoms with Gasteiger partial charge in [0.1, 0.15) is 5.69 Å². The molecule has 0 atom stereocenters. The Bertz CT molecular complexity index is 689. The third-order valence-electron chi connectivity index (χ3n) is 4.07. The van der Waals surface area contributed by atoms with Crippen LogP contribution in [0.2, 0.25) is 0 Å². The van der Waals surface area contributed by atoms with Crippen molar-refractivity contribution < 1.29 is 9.53 Å². The molecule has 1 fully saturated rings. The molecule has 5 nitrogen and oxygen atoms in total. The standard InChI is InChI=1S/C18H21N3O2/c1-13-4-3-5-14(2)17(13)20-18(22)16-12-15(6-7-19-16)21-8-10-23-11-9-21/h3-7,12H,8-11H2,1-2H3,(H,20,22). The van der Waals surface area contributed by atoms with Crippen LogP contribution >= 0.6 is 0 Å². The Balaban J connectivity index is 1.80. The van der Waals surface area contributed by atoms with E-state index in [1.807, 2.05) is 44.2 Å². The van der Waals surface area contributed by atoms with Crippen molar-refractivity contribution in [2.45, 2.75) is 13.8 Å². The number of para-hydroxylation sites is 1. The quantitative estimate of drug-likeness (QED) is 0.947. The number of hydrogen-bond donors (Lipinski definition) is 1. The highest BCUT2D eigenvalue weighted by molar-refractivity contribution is 6.04. The summed E-state index contributed by atoms with van der Waals surface area (Å²) in [5.41, 5.74) is 4.38. The second-order valence-corrected chi connectivity index (χ2v) is 5.72. The molecule has 0 aliphatic carbocycles. The third kappa shape index (κ3) is 3.51. The molecular formula is C18H21N3O2. The number of amides is 1. The lowest BCUT2D eigenvalue weighted by atomic mass is 10.1. The van der Waals surface area contributed by atoms with Gasteiger partial charge < -0.3 is 15.0 Å². The molecule has 1 aromatic carbocycles. The molecule has 23 heavy (non-hydrogen) atoms. The van der Waals surface area contributed by atoms with Gasteiger partial charge in [0, 0.05) is 30.7 Å². The lowest BCUT2D eigenvalue weighted by Gasteiger charge is -2.28. The van der Waals surface area contributed by atoms with E-state index in [4.69, 9.17) is 4.74 Å². The smallest absolute Gasteiger partial charge is 0.274 e. The molecule has 0 spiro atoms. The zero-order valence-corrected chi connectivity index (χ0v) is 13.5. The van der Waals surface area contributed by atoms with Gasteiger partial charge in [0.05, 0.1) is 13.2 Å². The predicted octanol–water partition coefficient (Wildman–Crippen LogP) is 2.79. The fraction of sp³-hybridized carbons (Fsp3) is 0.333. The molecule has 5 heteroatoms. The van der Waals surface area contributed by atoms with E-state index >= 15 is 0 Å². The van der Waals surface area contributed by atoms with Crippen molar-refractivity contribution in [2.75, 3.05) is 36.5 Å². The van der Waals surface area contributed by atoms with Gasteiger partial charge in [-0.05, 0) is 37.1 Å². The Kier molecular flexibility index (Phi) is 4.57. The summed E-state index contributed by atoms with van der Waals surface area (Å²) in [7, 11) is 0. The summed E-state index contributed by atoms with van der Waals surface area (Å²) in [6.45, 7) is 7.07. The van der Waals surface area contributed by atoms with Crippen LogP contribution in [0.25, 0.3) is 0 Å². The highest BCUT2D eigenvalue weighted by Crippen LogP contribution is 2.21. The lowest BCUT2D eigenvalue weighted by molar-refractivity contribution is 0.102. The van der Waals surface area contributed by atoms with Crippen molar-refractivity contribution in [1.29, 1.82) is 0 Å². The van der Waals surface area contributed by atoms with Gasteiger partial charge >= 0.3 is 0 Å². The summed E-state index contributed by atoms with van der Waals surface area (Å²) >= 11 is 0. The van der Waals surface area contributed by atoms with Crippen LogP contribution in [0.4, 0.5) is 11.4 Å². The first-order valence-corrected chi connectivity index (χ1v) is 7.81. The number of aromatic nitrogens is 1. The van der Waals surface area contributed by atoms with Crippen LogP contribution in [-0.4, -0.2) is 37.2 Å². The number of rotatable bonds is 3. The molecule has 2 aromatic rings. The maximum atomic E-state index is 12.5. The van der Waals surface area contributed by atoms with Crippen molar-refractivity contribution in [3.05, 3.63) is 53.3 Å². The first-order chi connectivity index (χ1) is 11.1. The maximum absolute atomic E-state index is 12.5. The molecule has 2 heterocycles. The van der Waals surface area contributed by atoms with Crippen LogP contribution in [0, 0.1) is 13.8 Å². The number of anilines is 2. The summed E-state index contributed by atoms with van der Waals surface area (Å²) in [5, 5.41) is 2.98. The second kappa shape index (κ2) is 6.79. The highest BCUT2D eigenvalue weighted by Gasteiger charge is 2.15. The Hall–Kier alpha value is -2.40. The van der Waals surface area contributed by atoms with Gasteiger partial charge in [0.2, 0.25) is 0 Å². The first-order valence-electron chi connectivity index (χ1n) is 7.81. The molecule has 1 aliphatic heterocycles. The molecule has 3 rings (SSSR count). The van der Waals surface area contributed by atoms with Crippen molar-refractivity contribution in [1.82, 2.24) is 4.98 Å². The van der Waals surface area contributed by atoms with Crippen molar-refractivity contribution in [3.63, 3.8) is 0 Å². The van der Waals surface area contributed by atoms with Gasteiger partial charge in [-0.15, -0.1) is 0 Å². The average molecular weight is 311 g/mol. The first kappa shape index (κ1) is 15.5. The van der Waals surface area contributed by atoms with Crippen molar-refractivity contribution in [3.8, 4) is 0 Å². The summed E-state index contributed by atoms with van der Waals surface area (Å²) in [5.74, 6) is -0.183. The fourth-order valence-electron chi connectivity index (χ4n) is 2.75. The fourth-order valence-corrected chi connectivity index (χ4v) is 2.75. The highest BCUT2D eigenvalue weighted by atomic mass is 16.5. The SMILES string of the molecule is Cc1cccc(C)c1NC(=O)c1cc(N2CCOCC2)ccn1. The minimum absolute atomic E-state index is 0.183. The number of benzene rings is 1. The van der Waals surface area contributed by atoms with Gasteiger partial charge in [0.15, 0.2) is 0 Å². The van der Waals surface area contributed by atoms with E-state index in [2.05, 4.69) is 15.2 Å². The molecule has 120 valence electrons. The molecule has 1 N–H and O–H groups in total. The molecule has 0 radical (unpaired) electrons.